The Balaban J connectivity index is 1.94. The molecule has 0 aliphatic carbocycles. The second-order valence-electron chi connectivity index (χ2n) is 4.37. The average Bonchev–Trinajstić information content (AvgIpc) is 2.82. The van der Waals surface area contributed by atoms with E-state index in [4.69, 9.17) is 4.98 Å². The summed E-state index contributed by atoms with van der Waals surface area (Å²) in [6.07, 6.45) is 2.16. The third-order valence-corrected chi connectivity index (χ3v) is 4.36. The zero-order valence-electron chi connectivity index (χ0n) is 9.99. The van der Waals surface area contributed by atoms with E-state index in [2.05, 4.69) is 36.5 Å². The summed E-state index contributed by atoms with van der Waals surface area (Å²) in [5.41, 5.74) is 3.93. The molecule has 0 fully saturated rings. The third-order valence-electron chi connectivity index (χ3n) is 3.21. The first kappa shape index (κ1) is 10.9. The van der Waals surface area contributed by atoms with Gasteiger partial charge in [0, 0.05) is 30.0 Å². The van der Waals surface area contributed by atoms with E-state index >= 15 is 0 Å². The van der Waals surface area contributed by atoms with E-state index in [-0.39, 0.29) is 0 Å². The molecule has 1 aromatic carbocycles. The van der Waals surface area contributed by atoms with Crippen molar-refractivity contribution in [2.75, 3.05) is 6.54 Å². The molecule has 0 amide bonds. The molecule has 1 N–H and O–H groups in total. The molecule has 1 aliphatic rings. The molecule has 17 heavy (non-hydrogen) atoms. The van der Waals surface area contributed by atoms with Crippen LogP contribution in [0.4, 0.5) is 0 Å². The molecule has 2 aromatic rings. The molecule has 88 valence electrons. The molecule has 2 nitrogen and oxygen atoms in total. The first-order valence-electron chi connectivity index (χ1n) is 6.15. The summed E-state index contributed by atoms with van der Waals surface area (Å²) in [6, 6.07) is 8.79. The fourth-order valence-corrected chi connectivity index (χ4v) is 3.21. The minimum absolute atomic E-state index is 0.986. The molecule has 0 saturated heterocycles. The lowest BCUT2D eigenvalue weighted by Crippen LogP contribution is -2.22. The second-order valence-corrected chi connectivity index (χ2v) is 5.45. The number of benzene rings is 1. The summed E-state index contributed by atoms with van der Waals surface area (Å²) in [4.78, 5) is 6.16. The molecule has 0 spiro atoms. The molecule has 3 rings (SSSR count). The van der Waals surface area contributed by atoms with E-state index in [0.29, 0.717) is 0 Å². The van der Waals surface area contributed by atoms with E-state index in [9.17, 15) is 0 Å². The zero-order valence-corrected chi connectivity index (χ0v) is 10.8. The van der Waals surface area contributed by atoms with Gasteiger partial charge in [0.25, 0.3) is 0 Å². The first-order chi connectivity index (χ1) is 8.36. The van der Waals surface area contributed by atoms with Gasteiger partial charge < -0.3 is 5.32 Å². The van der Waals surface area contributed by atoms with Crippen molar-refractivity contribution in [2.24, 2.45) is 0 Å². The van der Waals surface area contributed by atoms with Crippen molar-refractivity contribution in [2.45, 2.75) is 26.3 Å². The van der Waals surface area contributed by atoms with Crippen LogP contribution in [0, 0.1) is 0 Å². The smallest absolute Gasteiger partial charge is 0.123 e. The van der Waals surface area contributed by atoms with Gasteiger partial charge in [0.2, 0.25) is 0 Å². The van der Waals surface area contributed by atoms with Crippen LogP contribution in [0.1, 0.15) is 23.1 Å². The fourth-order valence-electron chi connectivity index (χ4n) is 2.13. The van der Waals surface area contributed by atoms with E-state index in [1.54, 1.807) is 0 Å². The van der Waals surface area contributed by atoms with Crippen molar-refractivity contribution in [3.05, 3.63) is 40.4 Å². The number of nitrogens with one attached hydrogen (secondary N) is 1. The molecule has 3 heteroatoms. The molecule has 2 heterocycles. The Labute approximate surface area is 106 Å². The average molecular weight is 244 g/mol. The van der Waals surface area contributed by atoms with Crippen molar-refractivity contribution >= 4 is 11.3 Å². The molecule has 0 radical (unpaired) electrons. The van der Waals surface area contributed by atoms with Crippen LogP contribution in [-0.2, 0) is 19.4 Å². The van der Waals surface area contributed by atoms with Gasteiger partial charge in [-0.25, -0.2) is 4.98 Å². The van der Waals surface area contributed by atoms with Crippen molar-refractivity contribution in [3.8, 4) is 10.6 Å². The minimum atomic E-state index is 0.986. The van der Waals surface area contributed by atoms with Gasteiger partial charge in [-0.15, -0.1) is 11.3 Å². The van der Waals surface area contributed by atoms with E-state index in [1.807, 2.05) is 11.3 Å². The van der Waals surface area contributed by atoms with Crippen LogP contribution in [0.25, 0.3) is 10.6 Å². The Bertz CT molecular complexity index is 490. The number of hydrogen-bond donors (Lipinski definition) is 1. The Morgan fingerprint density at radius 3 is 2.82 bits per heavy atom. The topological polar surface area (TPSA) is 24.9 Å². The highest BCUT2D eigenvalue weighted by Crippen LogP contribution is 2.29. The molecule has 0 saturated carbocycles. The normalized spacial score (nSPS) is 14.6. The molecular formula is C14H16N2S. The molecule has 0 unspecified atom stereocenters. The predicted octanol–water partition coefficient (Wildman–Crippen LogP) is 3.02. The maximum Gasteiger partial charge on any atom is 0.123 e. The SMILES string of the molecule is CCc1ccc(-c2nc3c(s2)CNCC3)cc1. The molecular weight excluding hydrogens is 228 g/mol. The van der Waals surface area contributed by atoms with Gasteiger partial charge in [0.1, 0.15) is 5.01 Å². The van der Waals surface area contributed by atoms with Crippen LogP contribution >= 0.6 is 11.3 Å². The van der Waals surface area contributed by atoms with Crippen LogP contribution in [0.3, 0.4) is 0 Å². The van der Waals surface area contributed by atoms with Crippen LogP contribution in [-0.4, -0.2) is 11.5 Å². The first-order valence-corrected chi connectivity index (χ1v) is 6.97. The number of thiazole rings is 1. The monoisotopic (exact) mass is 244 g/mol. The van der Waals surface area contributed by atoms with Crippen molar-refractivity contribution in [1.29, 1.82) is 0 Å². The van der Waals surface area contributed by atoms with Gasteiger partial charge in [0.05, 0.1) is 5.69 Å². The molecule has 1 aromatic heterocycles. The van der Waals surface area contributed by atoms with Crippen molar-refractivity contribution in [1.82, 2.24) is 10.3 Å². The Morgan fingerprint density at radius 1 is 1.29 bits per heavy atom. The number of hydrogen-bond acceptors (Lipinski definition) is 3. The summed E-state index contributed by atoms with van der Waals surface area (Å²) in [7, 11) is 0. The summed E-state index contributed by atoms with van der Waals surface area (Å²) in [5.74, 6) is 0. The van der Waals surface area contributed by atoms with Gasteiger partial charge in [-0.1, -0.05) is 31.2 Å². The molecule has 1 aliphatic heterocycles. The number of aromatic nitrogens is 1. The lowest BCUT2D eigenvalue weighted by molar-refractivity contribution is 0.644. The lowest BCUT2D eigenvalue weighted by atomic mass is 10.1. The standard InChI is InChI=1S/C14H16N2S/c1-2-10-3-5-11(6-4-10)14-16-12-7-8-15-9-13(12)17-14/h3-6,15H,2,7-9H2,1H3. The summed E-state index contributed by atoms with van der Waals surface area (Å²) >= 11 is 1.83. The van der Waals surface area contributed by atoms with Gasteiger partial charge in [-0.05, 0) is 12.0 Å². The largest absolute Gasteiger partial charge is 0.311 e. The lowest BCUT2D eigenvalue weighted by Gasteiger charge is -2.09. The molecule has 0 bridgehead atoms. The highest BCUT2D eigenvalue weighted by Gasteiger charge is 2.15. The van der Waals surface area contributed by atoms with Crippen LogP contribution in [0.2, 0.25) is 0 Å². The number of nitrogens with zero attached hydrogens (tertiary/aromatic N) is 1. The Morgan fingerprint density at radius 2 is 2.12 bits per heavy atom. The minimum Gasteiger partial charge on any atom is -0.311 e. The Hall–Kier alpha value is -1.19. The quantitative estimate of drug-likeness (QED) is 0.878. The van der Waals surface area contributed by atoms with Gasteiger partial charge in [-0.3, -0.25) is 0 Å². The predicted molar refractivity (Wildman–Crippen MR) is 72.3 cm³/mol. The van der Waals surface area contributed by atoms with E-state index < -0.39 is 0 Å². The highest BCUT2D eigenvalue weighted by atomic mass is 32.1. The van der Waals surface area contributed by atoms with E-state index in [0.717, 1.165) is 25.9 Å². The molecule has 0 atom stereocenters. The summed E-state index contributed by atoms with van der Waals surface area (Å²) in [5, 5.41) is 4.56. The van der Waals surface area contributed by atoms with Crippen molar-refractivity contribution in [3.63, 3.8) is 0 Å². The number of fused-ring (bicyclic) bond motifs is 1. The second kappa shape index (κ2) is 4.59. The third kappa shape index (κ3) is 2.13. The van der Waals surface area contributed by atoms with Gasteiger partial charge in [0.15, 0.2) is 0 Å². The van der Waals surface area contributed by atoms with Crippen LogP contribution in [0.15, 0.2) is 24.3 Å². The summed E-state index contributed by atoms with van der Waals surface area (Å²) < 4.78 is 0. The highest BCUT2D eigenvalue weighted by molar-refractivity contribution is 7.15. The number of rotatable bonds is 2. The van der Waals surface area contributed by atoms with Crippen LogP contribution in [0.5, 0.6) is 0 Å². The Kier molecular flexibility index (Phi) is 2.95. The number of aryl methyl sites for hydroxylation is 1. The van der Waals surface area contributed by atoms with Gasteiger partial charge >= 0.3 is 0 Å². The van der Waals surface area contributed by atoms with Gasteiger partial charge in [-0.2, -0.15) is 0 Å². The maximum absolute atomic E-state index is 4.76. The fraction of sp³-hybridized carbons (Fsp3) is 0.357. The zero-order chi connectivity index (χ0) is 11.7. The van der Waals surface area contributed by atoms with Crippen LogP contribution < -0.4 is 5.32 Å². The maximum atomic E-state index is 4.76. The van der Waals surface area contributed by atoms with Crippen molar-refractivity contribution < 1.29 is 0 Å². The summed E-state index contributed by atoms with van der Waals surface area (Å²) in [6.45, 7) is 4.23. The van der Waals surface area contributed by atoms with E-state index in [1.165, 1.54) is 26.7 Å².